The molecule has 1 amide bonds. The normalized spacial score (nSPS) is 26.2. The molecule has 74 heavy (non-hydrogen) atoms. The van der Waals surface area contributed by atoms with Crippen LogP contribution in [0.5, 0.6) is 0 Å². The van der Waals surface area contributed by atoms with Crippen LogP contribution in [0.15, 0.2) is 122 Å². The number of unbranched alkanes of at least 4 members (excludes halogenated alkanes) is 10. The summed E-state index contributed by atoms with van der Waals surface area (Å²) in [5, 5.41) is 86.9. The molecule has 2 saturated heterocycles. The van der Waals surface area contributed by atoms with Crippen LogP contribution in [0.2, 0.25) is 0 Å². The Morgan fingerprint density at radius 3 is 1.47 bits per heavy atom. The van der Waals surface area contributed by atoms with Crippen molar-refractivity contribution in [2.45, 2.75) is 229 Å². The Labute approximate surface area is 444 Å². The molecule has 2 rings (SSSR count). The number of rotatable bonds is 41. The molecule has 0 bridgehead atoms. The van der Waals surface area contributed by atoms with Gasteiger partial charge in [0, 0.05) is 6.42 Å². The van der Waals surface area contributed by atoms with Crippen LogP contribution in [0.1, 0.15) is 155 Å². The Morgan fingerprint density at radius 1 is 0.500 bits per heavy atom. The van der Waals surface area contributed by atoms with E-state index in [4.69, 9.17) is 18.9 Å². The fourth-order valence-corrected chi connectivity index (χ4v) is 8.12. The van der Waals surface area contributed by atoms with Crippen LogP contribution in [0.25, 0.3) is 0 Å². The monoisotopic (exact) mass is 1040 g/mol. The van der Waals surface area contributed by atoms with Crippen LogP contribution in [-0.4, -0.2) is 140 Å². The number of aliphatic hydroxyl groups is 8. The number of nitrogens with one attached hydrogen (secondary N) is 1. The Morgan fingerprint density at radius 2 is 0.946 bits per heavy atom. The van der Waals surface area contributed by atoms with E-state index >= 15 is 0 Å². The van der Waals surface area contributed by atoms with Gasteiger partial charge in [-0.25, -0.2) is 0 Å². The van der Waals surface area contributed by atoms with Crippen molar-refractivity contribution in [2.75, 3.05) is 19.8 Å². The lowest BCUT2D eigenvalue weighted by Crippen LogP contribution is -2.65. The molecule has 9 N–H and O–H groups in total. The largest absolute Gasteiger partial charge is 0.394 e. The van der Waals surface area contributed by atoms with Gasteiger partial charge in [0.05, 0.1) is 32.0 Å². The molecule has 0 aromatic heterocycles. The number of hydrogen-bond acceptors (Lipinski definition) is 13. The van der Waals surface area contributed by atoms with Gasteiger partial charge in [-0.05, 0) is 103 Å². The van der Waals surface area contributed by atoms with Gasteiger partial charge in [-0.3, -0.25) is 4.79 Å². The van der Waals surface area contributed by atoms with Gasteiger partial charge in [-0.15, -0.1) is 0 Å². The van der Waals surface area contributed by atoms with Crippen molar-refractivity contribution >= 4 is 5.91 Å². The van der Waals surface area contributed by atoms with E-state index in [1.807, 2.05) is 6.08 Å². The average molecular weight is 1040 g/mol. The number of hydrogen-bond donors (Lipinski definition) is 9. The van der Waals surface area contributed by atoms with E-state index < -0.39 is 86.8 Å². The fourth-order valence-electron chi connectivity index (χ4n) is 8.12. The summed E-state index contributed by atoms with van der Waals surface area (Å²) < 4.78 is 22.7. The van der Waals surface area contributed by atoms with Crippen molar-refractivity contribution < 1.29 is 64.6 Å². The maximum Gasteiger partial charge on any atom is 0.220 e. The molecule has 0 aromatic carbocycles. The third-order valence-corrected chi connectivity index (χ3v) is 12.6. The summed E-state index contributed by atoms with van der Waals surface area (Å²) >= 11 is 0. The second-order valence-electron chi connectivity index (χ2n) is 19.0. The SMILES string of the molecule is CC/C=C\C/C=C\C/C=C\C/C=C\C/C=C\C/C=C\C/C=C\CCCCCC(=O)NC(COC1OC(CO)C(OC2OC(CO)C(O)C(O)C2O)C(O)C1O)C(O)/C=C/CC/C=C/CC/C=C/CCCCCCC. The lowest BCUT2D eigenvalue weighted by atomic mass is 9.97. The third-order valence-electron chi connectivity index (χ3n) is 12.6. The first-order valence-corrected chi connectivity index (χ1v) is 27.8. The number of amides is 1. The van der Waals surface area contributed by atoms with Crippen molar-refractivity contribution in [1.29, 1.82) is 0 Å². The first-order chi connectivity index (χ1) is 36.1. The quantitative estimate of drug-likeness (QED) is 0.0207. The summed E-state index contributed by atoms with van der Waals surface area (Å²) in [6.07, 6.45) is 46.6. The highest BCUT2D eigenvalue weighted by Crippen LogP contribution is 2.30. The van der Waals surface area contributed by atoms with Crippen LogP contribution in [0.3, 0.4) is 0 Å². The fraction of sp³-hybridized carbons (Fsp3) is 0.650. The summed E-state index contributed by atoms with van der Waals surface area (Å²) in [5.74, 6) is -0.293. The minimum atomic E-state index is -1.80. The zero-order valence-electron chi connectivity index (χ0n) is 44.8. The van der Waals surface area contributed by atoms with E-state index in [9.17, 15) is 45.6 Å². The van der Waals surface area contributed by atoms with Gasteiger partial charge in [-0.1, -0.05) is 167 Å². The van der Waals surface area contributed by atoms with Gasteiger partial charge < -0.3 is 65.1 Å². The van der Waals surface area contributed by atoms with Gasteiger partial charge in [-0.2, -0.15) is 0 Å². The number of carbonyl (C=O) groups excluding carboxylic acids is 1. The predicted octanol–water partition coefficient (Wildman–Crippen LogP) is 8.66. The third kappa shape index (κ3) is 30.2. The number of allylic oxidation sites excluding steroid dienone is 19. The Bertz CT molecular complexity index is 1700. The van der Waals surface area contributed by atoms with Crippen molar-refractivity contribution in [1.82, 2.24) is 5.32 Å². The topological polar surface area (TPSA) is 228 Å². The van der Waals surface area contributed by atoms with Crippen LogP contribution in [-0.2, 0) is 23.7 Å². The molecule has 0 saturated carbocycles. The predicted molar refractivity (Wildman–Crippen MR) is 295 cm³/mol. The molecule has 2 heterocycles. The lowest BCUT2D eigenvalue weighted by Gasteiger charge is -2.46. The molecular weight excluding hydrogens is 943 g/mol. The number of aliphatic hydroxyl groups excluding tert-OH is 8. The highest BCUT2D eigenvalue weighted by atomic mass is 16.7. The summed E-state index contributed by atoms with van der Waals surface area (Å²) in [4.78, 5) is 13.2. The maximum atomic E-state index is 13.2. The first kappa shape index (κ1) is 66.5. The van der Waals surface area contributed by atoms with Crippen molar-refractivity contribution in [3.8, 4) is 0 Å². The van der Waals surface area contributed by atoms with Crippen molar-refractivity contribution in [2.24, 2.45) is 0 Å². The molecule has 0 spiro atoms. The van der Waals surface area contributed by atoms with Crippen LogP contribution >= 0.6 is 0 Å². The minimum Gasteiger partial charge on any atom is -0.394 e. The van der Waals surface area contributed by atoms with Gasteiger partial charge in [0.1, 0.15) is 48.8 Å². The molecule has 0 aliphatic carbocycles. The van der Waals surface area contributed by atoms with E-state index in [2.05, 4.69) is 129 Å². The molecular formula is C60H97NO13. The highest BCUT2D eigenvalue weighted by Gasteiger charge is 2.51. The van der Waals surface area contributed by atoms with E-state index in [0.717, 1.165) is 89.9 Å². The zero-order chi connectivity index (χ0) is 53.9. The van der Waals surface area contributed by atoms with Crippen LogP contribution in [0, 0.1) is 0 Å². The van der Waals surface area contributed by atoms with Gasteiger partial charge in [0.25, 0.3) is 0 Å². The molecule has 14 nitrogen and oxygen atoms in total. The Balaban J connectivity index is 1.83. The standard InChI is InChI=1S/C60H97NO13/c1-3-5-7-9-11-13-15-17-19-20-21-22-23-24-25-26-27-28-30-32-34-36-38-40-42-44-52(65)61-48(49(64)43-41-39-37-35-33-31-29-18-16-14-12-10-8-6-4-2)47-71-59-57(70)55(68)58(51(46-63)73-59)74-60-56(69)54(67)53(66)50(45-62)72-60/h5,7,11,13,16-19,21-22,24-25,27-28,32-35,41,43,48-51,53-60,62-64,66-70H,3-4,6,8-10,12,14-15,20,23,26,29-31,36-40,42,44-47H2,1-2H3,(H,61,65)/b7-5-,13-11-,18-16+,19-17-,22-21-,25-24-,28-27-,34-32-,35-33+,43-41+. The molecule has 12 atom stereocenters. The summed E-state index contributed by atoms with van der Waals surface area (Å²) in [7, 11) is 0. The zero-order valence-corrected chi connectivity index (χ0v) is 44.8. The van der Waals surface area contributed by atoms with Crippen molar-refractivity contribution in [3.63, 3.8) is 0 Å². The first-order valence-electron chi connectivity index (χ1n) is 27.8. The van der Waals surface area contributed by atoms with Gasteiger partial charge in [0.2, 0.25) is 5.91 Å². The van der Waals surface area contributed by atoms with E-state index in [1.54, 1.807) is 6.08 Å². The second kappa shape index (κ2) is 44.5. The summed E-state index contributed by atoms with van der Waals surface area (Å²) in [6.45, 7) is 2.58. The molecule has 12 unspecified atom stereocenters. The van der Waals surface area contributed by atoms with E-state index in [-0.39, 0.29) is 18.9 Å². The molecule has 0 radical (unpaired) electrons. The summed E-state index contributed by atoms with van der Waals surface area (Å²) in [6, 6.07) is -0.965. The van der Waals surface area contributed by atoms with Gasteiger partial charge >= 0.3 is 0 Å². The van der Waals surface area contributed by atoms with Crippen LogP contribution in [0.4, 0.5) is 0 Å². The molecule has 0 aromatic rings. The van der Waals surface area contributed by atoms with Crippen molar-refractivity contribution in [3.05, 3.63) is 122 Å². The smallest absolute Gasteiger partial charge is 0.220 e. The lowest BCUT2D eigenvalue weighted by molar-refractivity contribution is -0.359. The summed E-state index contributed by atoms with van der Waals surface area (Å²) in [5.41, 5.74) is 0. The highest BCUT2D eigenvalue weighted by molar-refractivity contribution is 5.76. The average Bonchev–Trinajstić information content (AvgIpc) is 3.40. The Kier molecular flexibility index (Phi) is 40.0. The molecule has 420 valence electrons. The minimum absolute atomic E-state index is 0.221. The molecule has 2 fully saturated rings. The molecule has 2 aliphatic heterocycles. The van der Waals surface area contributed by atoms with Gasteiger partial charge in [0.15, 0.2) is 12.6 Å². The Hall–Kier alpha value is -3.61. The second-order valence-corrected chi connectivity index (χ2v) is 19.0. The molecule has 14 heteroatoms. The van der Waals surface area contributed by atoms with E-state index in [0.29, 0.717) is 12.8 Å². The van der Waals surface area contributed by atoms with E-state index in [1.165, 1.54) is 32.1 Å². The number of carbonyl (C=O) groups is 1. The van der Waals surface area contributed by atoms with Crippen LogP contribution < -0.4 is 5.32 Å². The number of ether oxygens (including phenoxy) is 4. The molecule has 2 aliphatic rings. The maximum absolute atomic E-state index is 13.2.